The second-order valence-electron chi connectivity index (χ2n) is 4.85. The zero-order valence-electron chi connectivity index (χ0n) is 11.2. The molecular weight excluding hydrogens is 282 g/mol. The fourth-order valence-electron chi connectivity index (χ4n) is 2.57. The van der Waals surface area contributed by atoms with Gasteiger partial charge in [0.25, 0.3) is 0 Å². The quantitative estimate of drug-likeness (QED) is 0.432. The smallest absolute Gasteiger partial charge is 0.151 e. The third-order valence-electron chi connectivity index (χ3n) is 3.52. The van der Waals surface area contributed by atoms with Crippen LogP contribution in [0, 0.1) is 0 Å². The minimum absolute atomic E-state index is 0.730. The van der Waals surface area contributed by atoms with E-state index >= 15 is 0 Å². The Bertz CT molecular complexity index is 753. The summed E-state index contributed by atoms with van der Waals surface area (Å²) in [6.45, 7) is 0. The number of ether oxygens (including phenoxy) is 1. The van der Waals surface area contributed by atoms with Crippen molar-refractivity contribution in [3.63, 3.8) is 0 Å². The highest BCUT2D eigenvalue weighted by Gasteiger charge is 2.24. The number of benzene rings is 3. The lowest BCUT2D eigenvalue weighted by Gasteiger charge is -2.32. The Morgan fingerprint density at radius 1 is 0.667 bits per heavy atom. The Morgan fingerprint density at radius 2 is 1.19 bits per heavy atom. The van der Waals surface area contributed by atoms with Gasteiger partial charge in [-0.15, -0.1) is 0 Å². The molecule has 0 spiro atoms. The average molecular weight is 294 g/mol. The Kier molecular flexibility index (Phi) is 2.83. The van der Waals surface area contributed by atoms with Gasteiger partial charge in [-0.2, -0.15) is 0 Å². The van der Waals surface area contributed by atoms with Crippen molar-refractivity contribution in [2.45, 2.75) is 0 Å². The van der Waals surface area contributed by atoms with Gasteiger partial charge in [-0.1, -0.05) is 35.9 Å². The molecule has 1 aliphatic heterocycles. The predicted octanol–water partition coefficient (Wildman–Crippen LogP) is 5.92. The summed E-state index contributed by atoms with van der Waals surface area (Å²) >= 11 is 6.01. The average Bonchev–Trinajstić information content (AvgIpc) is 2.53. The summed E-state index contributed by atoms with van der Waals surface area (Å²) in [6, 6.07) is 23.9. The van der Waals surface area contributed by atoms with Gasteiger partial charge in [0.1, 0.15) is 0 Å². The highest BCUT2D eigenvalue weighted by molar-refractivity contribution is 6.30. The molecule has 2 nitrogen and oxygen atoms in total. The number of nitrogens with zero attached hydrogens (tertiary/aromatic N) is 1. The maximum Gasteiger partial charge on any atom is 0.151 e. The Labute approximate surface area is 128 Å². The van der Waals surface area contributed by atoms with E-state index < -0.39 is 0 Å². The van der Waals surface area contributed by atoms with Crippen molar-refractivity contribution >= 4 is 28.7 Å². The molecule has 0 amide bonds. The van der Waals surface area contributed by atoms with Crippen LogP contribution in [0.2, 0.25) is 5.02 Å². The van der Waals surface area contributed by atoms with Gasteiger partial charge < -0.3 is 9.64 Å². The molecule has 0 saturated carbocycles. The first-order chi connectivity index (χ1) is 10.3. The van der Waals surface area contributed by atoms with Crippen LogP contribution < -0.4 is 9.64 Å². The summed E-state index contributed by atoms with van der Waals surface area (Å²) in [6.07, 6.45) is 0. The zero-order valence-corrected chi connectivity index (χ0v) is 11.9. The lowest BCUT2D eigenvalue weighted by molar-refractivity contribution is 0.477. The second-order valence-corrected chi connectivity index (χ2v) is 5.29. The van der Waals surface area contributed by atoms with E-state index in [2.05, 4.69) is 17.0 Å². The number of para-hydroxylation sites is 4. The lowest BCUT2D eigenvalue weighted by atomic mass is 10.1. The maximum atomic E-state index is 6.01. The van der Waals surface area contributed by atoms with Gasteiger partial charge in [0.2, 0.25) is 0 Å². The standard InChI is InChI=1S/C18H12ClNO/c19-13-9-11-14(12-10-13)20-15-5-1-3-7-17(15)21-18-8-4-2-6-16(18)20/h1-12H. The Morgan fingerprint density at radius 3 is 1.76 bits per heavy atom. The minimum Gasteiger partial charge on any atom is -0.453 e. The third-order valence-corrected chi connectivity index (χ3v) is 3.77. The monoisotopic (exact) mass is 293 g/mol. The normalized spacial score (nSPS) is 12.3. The van der Waals surface area contributed by atoms with Crippen molar-refractivity contribution in [1.82, 2.24) is 0 Å². The van der Waals surface area contributed by atoms with Crippen LogP contribution in [0.25, 0.3) is 0 Å². The van der Waals surface area contributed by atoms with Gasteiger partial charge >= 0.3 is 0 Å². The lowest BCUT2D eigenvalue weighted by Crippen LogP contribution is -2.15. The maximum absolute atomic E-state index is 6.01. The van der Waals surface area contributed by atoms with Crippen LogP contribution in [0.5, 0.6) is 11.5 Å². The molecule has 21 heavy (non-hydrogen) atoms. The molecule has 0 radical (unpaired) electrons. The van der Waals surface area contributed by atoms with Crippen LogP contribution in [0.15, 0.2) is 72.8 Å². The predicted molar refractivity (Wildman–Crippen MR) is 86.2 cm³/mol. The van der Waals surface area contributed by atoms with Crippen molar-refractivity contribution in [3.8, 4) is 11.5 Å². The van der Waals surface area contributed by atoms with Gasteiger partial charge in [0.15, 0.2) is 11.5 Å². The number of hydrogen-bond acceptors (Lipinski definition) is 2. The molecule has 102 valence electrons. The van der Waals surface area contributed by atoms with E-state index in [4.69, 9.17) is 16.3 Å². The topological polar surface area (TPSA) is 12.5 Å². The van der Waals surface area contributed by atoms with Gasteiger partial charge in [0, 0.05) is 10.7 Å². The van der Waals surface area contributed by atoms with Gasteiger partial charge in [-0.25, -0.2) is 0 Å². The van der Waals surface area contributed by atoms with Gasteiger partial charge in [0.05, 0.1) is 11.4 Å². The van der Waals surface area contributed by atoms with Gasteiger partial charge in [-0.05, 0) is 48.5 Å². The molecule has 0 saturated heterocycles. The summed E-state index contributed by atoms with van der Waals surface area (Å²) in [7, 11) is 0. The van der Waals surface area contributed by atoms with Crippen molar-refractivity contribution < 1.29 is 4.74 Å². The van der Waals surface area contributed by atoms with E-state index in [1.54, 1.807) is 0 Å². The van der Waals surface area contributed by atoms with E-state index in [1.807, 2.05) is 60.7 Å². The fourth-order valence-corrected chi connectivity index (χ4v) is 2.70. The summed E-state index contributed by atoms with van der Waals surface area (Å²) in [5.74, 6) is 1.71. The zero-order chi connectivity index (χ0) is 14.2. The van der Waals surface area contributed by atoms with E-state index in [1.165, 1.54) is 0 Å². The molecule has 0 N–H and O–H groups in total. The third kappa shape index (κ3) is 2.05. The molecule has 0 atom stereocenters. The van der Waals surface area contributed by atoms with Crippen LogP contribution in [0.3, 0.4) is 0 Å². The first kappa shape index (κ1) is 12.3. The molecule has 1 heterocycles. The molecule has 0 aromatic heterocycles. The number of halogens is 1. The van der Waals surface area contributed by atoms with E-state index in [-0.39, 0.29) is 0 Å². The molecule has 1 aliphatic rings. The van der Waals surface area contributed by atoms with Crippen molar-refractivity contribution in [1.29, 1.82) is 0 Å². The number of rotatable bonds is 1. The van der Waals surface area contributed by atoms with Crippen molar-refractivity contribution in [2.24, 2.45) is 0 Å². The molecule has 0 bridgehead atoms. The van der Waals surface area contributed by atoms with Crippen molar-refractivity contribution in [3.05, 3.63) is 77.8 Å². The van der Waals surface area contributed by atoms with Gasteiger partial charge in [-0.3, -0.25) is 0 Å². The summed E-state index contributed by atoms with van der Waals surface area (Å²) in [5, 5.41) is 0.730. The largest absolute Gasteiger partial charge is 0.453 e. The summed E-state index contributed by atoms with van der Waals surface area (Å²) in [5.41, 5.74) is 3.11. The Hall–Kier alpha value is -2.45. The number of anilines is 3. The molecular formula is C18H12ClNO. The van der Waals surface area contributed by atoms with E-state index in [0.717, 1.165) is 33.6 Å². The minimum atomic E-state index is 0.730. The molecule has 4 rings (SSSR count). The first-order valence-corrected chi connectivity index (χ1v) is 7.12. The second kappa shape index (κ2) is 4.83. The molecule has 3 aromatic rings. The SMILES string of the molecule is Clc1ccc(N2c3ccccc3Oc3ccccc32)cc1. The van der Waals surface area contributed by atoms with E-state index in [9.17, 15) is 0 Å². The molecule has 3 aromatic carbocycles. The van der Waals surface area contributed by atoms with Crippen LogP contribution in [0.1, 0.15) is 0 Å². The number of hydrogen-bond donors (Lipinski definition) is 0. The first-order valence-electron chi connectivity index (χ1n) is 6.74. The number of fused-ring (bicyclic) bond motifs is 2. The van der Waals surface area contributed by atoms with Crippen LogP contribution in [0.4, 0.5) is 17.1 Å². The molecule has 0 unspecified atom stereocenters. The summed E-state index contributed by atoms with van der Waals surface area (Å²) in [4.78, 5) is 2.19. The van der Waals surface area contributed by atoms with E-state index in [0.29, 0.717) is 0 Å². The highest BCUT2D eigenvalue weighted by atomic mass is 35.5. The van der Waals surface area contributed by atoms with Crippen LogP contribution in [-0.2, 0) is 0 Å². The molecule has 0 aliphatic carbocycles. The Balaban J connectivity index is 1.95. The fraction of sp³-hybridized carbons (Fsp3) is 0. The van der Waals surface area contributed by atoms with Crippen LogP contribution in [-0.4, -0.2) is 0 Å². The molecule has 0 fully saturated rings. The van der Waals surface area contributed by atoms with Crippen molar-refractivity contribution in [2.75, 3.05) is 4.90 Å². The van der Waals surface area contributed by atoms with Crippen LogP contribution >= 0.6 is 11.6 Å². The highest BCUT2D eigenvalue weighted by Crippen LogP contribution is 2.49. The molecule has 3 heteroatoms. The summed E-state index contributed by atoms with van der Waals surface area (Å²) < 4.78 is 5.99.